The number of Topliss-reactive ketones (excluding diaryl/α,β-unsaturated/α-hetero) is 1. The summed E-state index contributed by atoms with van der Waals surface area (Å²) in [4.78, 5) is 12.3. The van der Waals surface area contributed by atoms with Gasteiger partial charge in [0.25, 0.3) is 0 Å². The standard InChI is InChI=1S/C19H22ClN3OS/c20-15-10-4-3-9-14(15)18-21-22-19(23(18)13-7-1-2-8-13)25-17-12-6-5-11-16(17)24/h3-4,9-10,13,17H,1-2,5-8,11-12H2/t17-/m0/s1. The highest BCUT2D eigenvalue weighted by Crippen LogP contribution is 2.40. The Hall–Kier alpha value is -1.33. The van der Waals surface area contributed by atoms with Gasteiger partial charge in [-0.1, -0.05) is 54.8 Å². The van der Waals surface area contributed by atoms with E-state index >= 15 is 0 Å². The van der Waals surface area contributed by atoms with Gasteiger partial charge in [0.05, 0.1) is 10.3 Å². The number of hydrogen-bond donors (Lipinski definition) is 0. The number of carbonyl (C=O) groups is 1. The second-order valence-electron chi connectivity index (χ2n) is 6.91. The zero-order chi connectivity index (χ0) is 17.2. The fourth-order valence-corrected chi connectivity index (χ4v) is 5.32. The molecule has 0 spiro atoms. The summed E-state index contributed by atoms with van der Waals surface area (Å²) in [6.45, 7) is 0. The van der Waals surface area contributed by atoms with Gasteiger partial charge in [0.2, 0.25) is 0 Å². The molecular formula is C19H22ClN3OS. The molecule has 0 radical (unpaired) electrons. The number of carbonyl (C=O) groups excluding carboxylic acids is 1. The van der Waals surface area contributed by atoms with Gasteiger partial charge in [-0.2, -0.15) is 0 Å². The molecule has 0 N–H and O–H groups in total. The van der Waals surface area contributed by atoms with Gasteiger partial charge in [0, 0.05) is 18.0 Å². The molecule has 2 aliphatic rings. The summed E-state index contributed by atoms with van der Waals surface area (Å²) in [6.07, 6.45) is 8.54. The van der Waals surface area contributed by atoms with Crippen LogP contribution >= 0.6 is 23.4 Å². The summed E-state index contributed by atoms with van der Waals surface area (Å²) < 4.78 is 2.25. The van der Waals surface area contributed by atoms with E-state index in [1.165, 1.54) is 12.8 Å². The monoisotopic (exact) mass is 375 g/mol. The number of benzene rings is 1. The van der Waals surface area contributed by atoms with Gasteiger partial charge in [0.15, 0.2) is 11.0 Å². The molecular weight excluding hydrogens is 354 g/mol. The van der Waals surface area contributed by atoms with E-state index in [1.807, 2.05) is 24.3 Å². The predicted molar refractivity (Wildman–Crippen MR) is 101 cm³/mol. The second-order valence-corrected chi connectivity index (χ2v) is 8.49. The van der Waals surface area contributed by atoms with Crippen LogP contribution < -0.4 is 0 Å². The van der Waals surface area contributed by atoms with Crippen LogP contribution in [-0.4, -0.2) is 25.8 Å². The van der Waals surface area contributed by atoms with Crippen LogP contribution in [0.1, 0.15) is 57.4 Å². The molecule has 1 atom stereocenters. The molecule has 1 aromatic carbocycles. The Balaban J connectivity index is 1.72. The predicted octanol–water partition coefficient (Wildman–Crippen LogP) is 5.32. The van der Waals surface area contributed by atoms with E-state index in [0.717, 1.165) is 48.6 Å². The average Bonchev–Trinajstić information content (AvgIpc) is 3.27. The van der Waals surface area contributed by atoms with Crippen molar-refractivity contribution in [3.8, 4) is 11.4 Å². The Kier molecular flexibility index (Phi) is 5.13. The Morgan fingerprint density at radius 1 is 1.04 bits per heavy atom. The first-order chi connectivity index (χ1) is 12.2. The van der Waals surface area contributed by atoms with Crippen molar-refractivity contribution < 1.29 is 4.79 Å². The van der Waals surface area contributed by atoms with E-state index in [4.69, 9.17) is 11.6 Å². The Morgan fingerprint density at radius 3 is 2.56 bits per heavy atom. The molecule has 132 valence electrons. The number of halogens is 1. The van der Waals surface area contributed by atoms with Crippen LogP contribution in [0.4, 0.5) is 0 Å². The molecule has 2 saturated carbocycles. The first-order valence-electron chi connectivity index (χ1n) is 9.13. The zero-order valence-electron chi connectivity index (χ0n) is 14.2. The molecule has 4 nitrogen and oxygen atoms in total. The highest BCUT2D eigenvalue weighted by atomic mass is 35.5. The molecule has 4 rings (SSSR count). The van der Waals surface area contributed by atoms with Crippen molar-refractivity contribution >= 4 is 29.1 Å². The van der Waals surface area contributed by atoms with Crippen molar-refractivity contribution in [2.24, 2.45) is 0 Å². The SMILES string of the molecule is O=C1CCCC[C@@H]1Sc1nnc(-c2ccccc2Cl)n1C1CCCC1. The molecule has 6 heteroatoms. The maximum Gasteiger partial charge on any atom is 0.192 e. The highest BCUT2D eigenvalue weighted by molar-refractivity contribution is 8.00. The molecule has 0 bridgehead atoms. The fourth-order valence-electron chi connectivity index (χ4n) is 3.88. The lowest BCUT2D eigenvalue weighted by molar-refractivity contribution is -0.119. The minimum atomic E-state index is 0.0252. The maximum atomic E-state index is 12.3. The van der Waals surface area contributed by atoms with Crippen molar-refractivity contribution in [3.63, 3.8) is 0 Å². The van der Waals surface area contributed by atoms with E-state index in [2.05, 4.69) is 14.8 Å². The van der Waals surface area contributed by atoms with E-state index in [9.17, 15) is 4.79 Å². The number of thioether (sulfide) groups is 1. The molecule has 0 saturated heterocycles. The van der Waals surface area contributed by atoms with Crippen LogP contribution in [0.5, 0.6) is 0 Å². The Labute approximate surface area is 157 Å². The highest BCUT2D eigenvalue weighted by Gasteiger charge is 2.30. The lowest BCUT2D eigenvalue weighted by Crippen LogP contribution is -2.22. The summed E-state index contributed by atoms with van der Waals surface area (Å²) in [7, 11) is 0. The van der Waals surface area contributed by atoms with E-state index in [1.54, 1.807) is 11.8 Å². The number of aromatic nitrogens is 3. The summed E-state index contributed by atoms with van der Waals surface area (Å²) in [5.41, 5.74) is 0.922. The van der Waals surface area contributed by atoms with E-state index < -0.39 is 0 Å². The number of hydrogen-bond acceptors (Lipinski definition) is 4. The summed E-state index contributed by atoms with van der Waals surface area (Å²) in [6, 6.07) is 8.20. The number of rotatable bonds is 4. The molecule has 0 aliphatic heterocycles. The molecule has 2 fully saturated rings. The van der Waals surface area contributed by atoms with Crippen LogP contribution in [0, 0.1) is 0 Å². The van der Waals surface area contributed by atoms with Crippen molar-refractivity contribution in [3.05, 3.63) is 29.3 Å². The van der Waals surface area contributed by atoms with Crippen molar-refractivity contribution in [1.29, 1.82) is 0 Å². The zero-order valence-corrected chi connectivity index (χ0v) is 15.7. The molecule has 2 aromatic rings. The number of ketones is 1. The smallest absolute Gasteiger partial charge is 0.192 e. The molecule has 25 heavy (non-hydrogen) atoms. The van der Waals surface area contributed by atoms with E-state index in [-0.39, 0.29) is 5.25 Å². The van der Waals surface area contributed by atoms with E-state index in [0.29, 0.717) is 23.3 Å². The summed E-state index contributed by atoms with van der Waals surface area (Å²) in [5, 5.41) is 10.5. The topological polar surface area (TPSA) is 47.8 Å². The van der Waals surface area contributed by atoms with Crippen LogP contribution in [0.25, 0.3) is 11.4 Å². The van der Waals surface area contributed by atoms with Crippen LogP contribution in [-0.2, 0) is 4.79 Å². The van der Waals surface area contributed by atoms with Crippen LogP contribution in [0.15, 0.2) is 29.4 Å². The summed E-state index contributed by atoms with van der Waals surface area (Å²) in [5.74, 6) is 1.19. The van der Waals surface area contributed by atoms with Gasteiger partial charge in [-0.3, -0.25) is 9.36 Å². The van der Waals surface area contributed by atoms with Gasteiger partial charge in [0.1, 0.15) is 5.78 Å². The minimum absolute atomic E-state index is 0.0252. The Morgan fingerprint density at radius 2 is 1.80 bits per heavy atom. The first kappa shape index (κ1) is 17.1. The third kappa shape index (κ3) is 3.49. The average molecular weight is 376 g/mol. The Bertz CT molecular complexity index is 770. The third-order valence-electron chi connectivity index (χ3n) is 5.22. The lowest BCUT2D eigenvalue weighted by atomic mass is 9.99. The largest absolute Gasteiger partial charge is 0.299 e. The van der Waals surface area contributed by atoms with Crippen molar-refractivity contribution in [2.45, 2.75) is 67.8 Å². The van der Waals surface area contributed by atoms with Gasteiger partial charge >= 0.3 is 0 Å². The normalized spacial score (nSPS) is 21.8. The fraction of sp³-hybridized carbons (Fsp3) is 0.526. The molecule has 2 aliphatic carbocycles. The molecule has 0 unspecified atom stereocenters. The van der Waals surface area contributed by atoms with Gasteiger partial charge in [-0.15, -0.1) is 10.2 Å². The van der Waals surface area contributed by atoms with Gasteiger partial charge < -0.3 is 0 Å². The molecule has 1 aromatic heterocycles. The number of nitrogens with zero attached hydrogens (tertiary/aromatic N) is 3. The lowest BCUT2D eigenvalue weighted by Gasteiger charge is -2.22. The molecule has 1 heterocycles. The molecule has 0 amide bonds. The van der Waals surface area contributed by atoms with Crippen molar-refractivity contribution in [2.75, 3.05) is 0 Å². The van der Waals surface area contributed by atoms with Crippen LogP contribution in [0.3, 0.4) is 0 Å². The summed E-state index contributed by atoms with van der Waals surface area (Å²) >= 11 is 8.02. The quantitative estimate of drug-likeness (QED) is 0.725. The van der Waals surface area contributed by atoms with Crippen LogP contribution in [0.2, 0.25) is 5.02 Å². The van der Waals surface area contributed by atoms with Gasteiger partial charge in [-0.25, -0.2) is 0 Å². The minimum Gasteiger partial charge on any atom is -0.299 e. The maximum absolute atomic E-state index is 12.3. The van der Waals surface area contributed by atoms with Crippen molar-refractivity contribution in [1.82, 2.24) is 14.8 Å². The first-order valence-corrected chi connectivity index (χ1v) is 10.4. The second kappa shape index (κ2) is 7.50. The van der Waals surface area contributed by atoms with Gasteiger partial charge in [-0.05, 0) is 37.8 Å². The third-order valence-corrected chi connectivity index (χ3v) is 6.82.